The molecular weight excluding hydrogens is 310 g/mol. The zero-order chi connectivity index (χ0) is 17.6. The number of aromatic nitrogens is 3. The molecule has 0 aliphatic carbocycles. The first-order valence-corrected chi connectivity index (χ1v) is 9.15. The van der Waals surface area contributed by atoms with Crippen LogP contribution in [0.2, 0.25) is 0 Å². The zero-order valence-corrected chi connectivity index (χ0v) is 15.1. The lowest BCUT2D eigenvalue weighted by atomic mass is 9.88. The lowest BCUT2D eigenvalue weighted by Gasteiger charge is -2.19. The number of hydrogen-bond donors (Lipinski definition) is 2. The lowest BCUT2D eigenvalue weighted by Crippen LogP contribution is -2.24. The van der Waals surface area contributed by atoms with Gasteiger partial charge >= 0.3 is 0 Å². The number of H-pyrrole nitrogens is 1. The van der Waals surface area contributed by atoms with Gasteiger partial charge in [-0.1, -0.05) is 32.3 Å². The van der Waals surface area contributed by atoms with E-state index in [2.05, 4.69) is 40.3 Å². The molecule has 2 atom stereocenters. The Morgan fingerprint density at radius 1 is 1.24 bits per heavy atom. The number of rotatable bonds is 8. The maximum absolute atomic E-state index is 4.72. The third kappa shape index (κ3) is 3.81. The van der Waals surface area contributed by atoms with Crippen LogP contribution in [0.1, 0.15) is 55.3 Å². The lowest BCUT2D eigenvalue weighted by molar-refractivity contribution is 0.631. The second kappa shape index (κ2) is 8.10. The summed E-state index contributed by atoms with van der Waals surface area (Å²) in [4.78, 5) is 4.72. The van der Waals surface area contributed by atoms with E-state index in [1.165, 1.54) is 36.8 Å². The van der Waals surface area contributed by atoms with Gasteiger partial charge in [-0.15, -0.1) is 6.58 Å². The molecule has 0 bridgehead atoms. The summed E-state index contributed by atoms with van der Waals surface area (Å²) < 4.78 is 0. The first-order valence-electron chi connectivity index (χ1n) is 9.15. The van der Waals surface area contributed by atoms with Gasteiger partial charge in [0, 0.05) is 29.6 Å². The highest BCUT2D eigenvalue weighted by atomic mass is 15.3. The summed E-state index contributed by atoms with van der Waals surface area (Å²) >= 11 is 0. The fourth-order valence-electron chi connectivity index (χ4n) is 3.38. The van der Waals surface area contributed by atoms with Crippen LogP contribution in [0.5, 0.6) is 0 Å². The zero-order valence-electron chi connectivity index (χ0n) is 15.1. The Bertz CT molecular complexity index is 746. The number of hydrogen-bond acceptors (Lipinski definition) is 4. The number of aromatic amines is 1. The minimum atomic E-state index is 0.137. The normalized spacial score (nSPS) is 19.1. The predicted molar refractivity (Wildman–Crippen MR) is 103 cm³/mol. The van der Waals surface area contributed by atoms with E-state index in [0.29, 0.717) is 0 Å². The van der Waals surface area contributed by atoms with E-state index in [1.807, 2.05) is 31.6 Å². The molecule has 3 rings (SSSR count). The molecule has 132 valence electrons. The average Bonchev–Trinajstić information content (AvgIpc) is 3.27. The molecule has 1 aliphatic rings. The van der Waals surface area contributed by atoms with E-state index in [4.69, 9.17) is 4.98 Å². The Balaban J connectivity index is 1.91. The molecule has 2 N–H and O–H groups in total. The Morgan fingerprint density at radius 2 is 2.12 bits per heavy atom. The minimum absolute atomic E-state index is 0.137. The fourth-order valence-corrected chi connectivity index (χ4v) is 3.38. The highest BCUT2D eigenvalue weighted by Gasteiger charge is 2.26. The van der Waals surface area contributed by atoms with Crippen molar-refractivity contribution in [2.45, 2.75) is 57.9 Å². The smallest absolute Gasteiger partial charge is 0.0739 e. The molecule has 2 aromatic heterocycles. The molecule has 2 aromatic rings. The SMILES string of the molecule is C=CC1NN=CC1c1cnc(-c2cn[nH]c2C)cc1CCCCCC. The van der Waals surface area contributed by atoms with Gasteiger partial charge in [0.1, 0.15) is 0 Å². The van der Waals surface area contributed by atoms with Crippen LogP contribution in [0.3, 0.4) is 0 Å². The van der Waals surface area contributed by atoms with Gasteiger partial charge in [-0.05, 0) is 37.0 Å². The van der Waals surface area contributed by atoms with Crippen LogP contribution >= 0.6 is 0 Å². The van der Waals surface area contributed by atoms with Gasteiger partial charge in [0.25, 0.3) is 0 Å². The summed E-state index contributed by atoms with van der Waals surface area (Å²) in [5.74, 6) is 0.200. The molecule has 5 heteroatoms. The van der Waals surface area contributed by atoms with E-state index in [9.17, 15) is 0 Å². The Labute approximate surface area is 149 Å². The number of hydrazone groups is 1. The maximum atomic E-state index is 4.72. The molecule has 1 aliphatic heterocycles. The fraction of sp³-hybridized carbons (Fsp3) is 0.450. The van der Waals surface area contributed by atoms with Gasteiger partial charge in [-0.3, -0.25) is 10.1 Å². The van der Waals surface area contributed by atoms with Gasteiger partial charge in [-0.25, -0.2) is 0 Å². The highest BCUT2D eigenvalue weighted by molar-refractivity contribution is 5.73. The maximum Gasteiger partial charge on any atom is 0.0739 e. The van der Waals surface area contributed by atoms with Crippen molar-refractivity contribution < 1.29 is 0 Å². The highest BCUT2D eigenvalue weighted by Crippen LogP contribution is 2.29. The van der Waals surface area contributed by atoms with Gasteiger partial charge in [-0.2, -0.15) is 10.2 Å². The van der Waals surface area contributed by atoms with Crippen molar-refractivity contribution in [3.05, 3.63) is 47.9 Å². The van der Waals surface area contributed by atoms with Crippen LogP contribution in [0, 0.1) is 6.92 Å². The second-order valence-electron chi connectivity index (χ2n) is 6.68. The second-order valence-corrected chi connectivity index (χ2v) is 6.68. The van der Waals surface area contributed by atoms with E-state index >= 15 is 0 Å². The van der Waals surface area contributed by atoms with Crippen LogP contribution in [-0.4, -0.2) is 27.4 Å². The molecule has 2 unspecified atom stereocenters. The van der Waals surface area contributed by atoms with Gasteiger partial charge in [0.15, 0.2) is 0 Å². The van der Waals surface area contributed by atoms with Crippen molar-refractivity contribution in [1.82, 2.24) is 20.6 Å². The van der Waals surface area contributed by atoms with Crippen molar-refractivity contribution in [1.29, 1.82) is 0 Å². The van der Waals surface area contributed by atoms with E-state index in [1.54, 1.807) is 0 Å². The van der Waals surface area contributed by atoms with Crippen LogP contribution in [0.4, 0.5) is 0 Å². The van der Waals surface area contributed by atoms with E-state index in [0.717, 1.165) is 23.4 Å². The Kier molecular flexibility index (Phi) is 5.64. The molecular formula is C20H27N5. The third-order valence-electron chi connectivity index (χ3n) is 4.89. The van der Waals surface area contributed by atoms with Crippen molar-refractivity contribution in [3.63, 3.8) is 0 Å². The number of unbranched alkanes of at least 4 members (excludes halogenated alkanes) is 3. The van der Waals surface area contributed by atoms with Crippen molar-refractivity contribution in [2.75, 3.05) is 0 Å². The molecule has 0 aromatic carbocycles. The van der Waals surface area contributed by atoms with Crippen LogP contribution in [0.15, 0.2) is 36.2 Å². The van der Waals surface area contributed by atoms with Crippen LogP contribution in [0.25, 0.3) is 11.3 Å². The summed E-state index contributed by atoms with van der Waals surface area (Å²) in [7, 11) is 0. The van der Waals surface area contributed by atoms with Crippen molar-refractivity contribution >= 4 is 6.21 Å². The molecule has 0 saturated heterocycles. The molecule has 0 fully saturated rings. The van der Waals surface area contributed by atoms with Crippen molar-refractivity contribution in [2.24, 2.45) is 5.10 Å². The first-order chi connectivity index (χ1) is 12.2. The predicted octanol–water partition coefficient (Wildman–Crippen LogP) is 4.13. The van der Waals surface area contributed by atoms with Crippen LogP contribution < -0.4 is 5.43 Å². The summed E-state index contributed by atoms with van der Waals surface area (Å²) in [5.41, 5.74) is 8.82. The van der Waals surface area contributed by atoms with E-state index < -0.39 is 0 Å². The standard InChI is InChI=1S/C20H27N5/c1-4-6-7-8-9-15-10-20(16-12-22-24-14(16)3)21-11-17(15)18-13-23-25-19(18)5-2/h5,10-13,18-19,25H,2,4,6-9H2,1,3H3,(H,22,24). The summed E-state index contributed by atoms with van der Waals surface area (Å²) in [6.45, 7) is 8.20. The van der Waals surface area contributed by atoms with Gasteiger partial charge in [0.2, 0.25) is 0 Å². The molecule has 25 heavy (non-hydrogen) atoms. The first kappa shape index (κ1) is 17.4. The number of nitrogens with one attached hydrogen (secondary N) is 2. The Hall–Kier alpha value is -2.43. The van der Waals surface area contributed by atoms with Gasteiger partial charge in [0.05, 0.1) is 17.9 Å². The third-order valence-corrected chi connectivity index (χ3v) is 4.89. The quantitative estimate of drug-likeness (QED) is 0.562. The van der Waals surface area contributed by atoms with E-state index in [-0.39, 0.29) is 12.0 Å². The molecule has 0 saturated carbocycles. The summed E-state index contributed by atoms with van der Waals surface area (Å²) in [5, 5.41) is 11.4. The number of aryl methyl sites for hydroxylation is 2. The minimum Gasteiger partial charge on any atom is -0.302 e. The molecule has 3 heterocycles. The average molecular weight is 337 g/mol. The van der Waals surface area contributed by atoms with Gasteiger partial charge < -0.3 is 5.43 Å². The number of pyridine rings is 1. The molecule has 0 spiro atoms. The molecule has 0 radical (unpaired) electrons. The topological polar surface area (TPSA) is 66.0 Å². The summed E-state index contributed by atoms with van der Waals surface area (Å²) in [6.07, 6.45) is 13.8. The monoisotopic (exact) mass is 337 g/mol. The summed E-state index contributed by atoms with van der Waals surface area (Å²) in [6, 6.07) is 2.36. The molecule has 5 nitrogen and oxygen atoms in total. The largest absolute Gasteiger partial charge is 0.302 e. The van der Waals surface area contributed by atoms with Crippen molar-refractivity contribution in [3.8, 4) is 11.3 Å². The molecule has 0 amide bonds. The van der Waals surface area contributed by atoms with Crippen LogP contribution in [-0.2, 0) is 6.42 Å². The number of nitrogens with zero attached hydrogens (tertiary/aromatic N) is 3. The Morgan fingerprint density at radius 3 is 2.84 bits per heavy atom.